The lowest BCUT2D eigenvalue weighted by atomic mass is 10.0. The molecule has 1 unspecified atom stereocenters. The SMILES string of the molecule is NOCC1CCCCN1c1ccccc1. The third-order valence-electron chi connectivity index (χ3n) is 3.00. The molecule has 1 aromatic rings. The molecule has 1 heterocycles. The highest BCUT2D eigenvalue weighted by molar-refractivity contribution is 5.47. The minimum atomic E-state index is 0.436. The molecule has 0 radical (unpaired) electrons. The number of para-hydroxylation sites is 1. The van der Waals surface area contributed by atoms with Gasteiger partial charge in [0, 0.05) is 12.2 Å². The molecule has 1 atom stereocenters. The molecule has 0 aromatic heterocycles. The van der Waals surface area contributed by atoms with E-state index in [-0.39, 0.29) is 0 Å². The highest BCUT2D eigenvalue weighted by Crippen LogP contribution is 2.24. The molecule has 0 saturated carbocycles. The average molecular weight is 206 g/mol. The van der Waals surface area contributed by atoms with Crippen molar-refractivity contribution in [2.45, 2.75) is 25.3 Å². The number of rotatable bonds is 3. The van der Waals surface area contributed by atoms with Crippen LogP contribution >= 0.6 is 0 Å². The summed E-state index contributed by atoms with van der Waals surface area (Å²) in [5, 5.41) is 0. The molecule has 82 valence electrons. The molecule has 0 bridgehead atoms. The average Bonchev–Trinajstić information content (AvgIpc) is 2.31. The van der Waals surface area contributed by atoms with Gasteiger partial charge in [0.05, 0.1) is 12.6 Å². The molecule has 0 spiro atoms. The third-order valence-corrected chi connectivity index (χ3v) is 3.00. The second kappa shape index (κ2) is 5.14. The topological polar surface area (TPSA) is 38.5 Å². The fraction of sp³-hybridized carbons (Fsp3) is 0.500. The largest absolute Gasteiger partial charge is 0.366 e. The quantitative estimate of drug-likeness (QED) is 0.768. The van der Waals surface area contributed by atoms with Gasteiger partial charge in [-0.2, -0.15) is 0 Å². The lowest BCUT2D eigenvalue weighted by Gasteiger charge is -2.36. The molecular formula is C12H18N2O. The fourth-order valence-corrected chi connectivity index (χ4v) is 2.24. The summed E-state index contributed by atoms with van der Waals surface area (Å²) in [6.45, 7) is 1.73. The maximum absolute atomic E-state index is 5.17. The zero-order valence-corrected chi connectivity index (χ0v) is 8.93. The number of benzene rings is 1. The predicted octanol–water partition coefficient (Wildman–Crippen LogP) is 1.94. The number of nitrogens with zero attached hydrogens (tertiary/aromatic N) is 1. The van der Waals surface area contributed by atoms with Crippen molar-refractivity contribution in [3.8, 4) is 0 Å². The van der Waals surface area contributed by atoms with Gasteiger partial charge in [-0.05, 0) is 31.4 Å². The van der Waals surface area contributed by atoms with Gasteiger partial charge in [0.2, 0.25) is 0 Å². The van der Waals surface area contributed by atoms with E-state index in [1.807, 2.05) is 6.07 Å². The Bertz CT molecular complexity index is 287. The molecule has 1 aliphatic rings. The first-order chi connectivity index (χ1) is 7.42. The summed E-state index contributed by atoms with van der Waals surface area (Å²) < 4.78 is 0. The van der Waals surface area contributed by atoms with Gasteiger partial charge in [0.25, 0.3) is 0 Å². The Morgan fingerprint density at radius 3 is 2.80 bits per heavy atom. The third kappa shape index (κ3) is 2.49. The second-order valence-corrected chi connectivity index (χ2v) is 4.01. The van der Waals surface area contributed by atoms with Crippen LogP contribution in [0.2, 0.25) is 0 Å². The molecule has 2 rings (SSSR count). The molecule has 0 aliphatic carbocycles. The Labute approximate surface area is 90.8 Å². The van der Waals surface area contributed by atoms with Crippen LogP contribution in [0.25, 0.3) is 0 Å². The number of anilines is 1. The highest BCUT2D eigenvalue weighted by Gasteiger charge is 2.22. The van der Waals surface area contributed by atoms with Gasteiger partial charge < -0.3 is 9.74 Å². The van der Waals surface area contributed by atoms with E-state index in [4.69, 9.17) is 10.7 Å². The van der Waals surface area contributed by atoms with Crippen molar-refractivity contribution in [3.63, 3.8) is 0 Å². The Balaban J connectivity index is 2.11. The molecule has 2 N–H and O–H groups in total. The minimum Gasteiger partial charge on any atom is -0.366 e. The van der Waals surface area contributed by atoms with E-state index in [1.165, 1.54) is 24.9 Å². The van der Waals surface area contributed by atoms with Crippen LogP contribution in [0.1, 0.15) is 19.3 Å². The lowest BCUT2D eigenvalue weighted by Crippen LogP contribution is -2.43. The first-order valence-electron chi connectivity index (χ1n) is 5.55. The summed E-state index contributed by atoms with van der Waals surface area (Å²) in [6, 6.07) is 10.9. The van der Waals surface area contributed by atoms with E-state index < -0.39 is 0 Å². The molecule has 0 amide bonds. The zero-order valence-electron chi connectivity index (χ0n) is 8.93. The molecular weight excluding hydrogens is 188 g/mol. The van der Waals surface area contributed by atoms with Gasteiger partial charge in [-0.15, -0.1) is 0 Å². The van der Waals surface area contributed by atoms with Crippen molar-refractivity contribution in [2.24, 2.45) is 5.90 Å². The summed E-state index contributed by atoms with van der Waals surface area (Å²) in [7, 11) is 0. The fourth-order valence-electron chi connectivity index (χ4n) is 2.24. The van der Waals surface area contributed by atoms with Crippen molar-refractivity contribution in [1.82, 2.24) is 0 Å². The van der Waals surface area contributed by atoms with Gasteiger partial charge >= 0.3 is 0 Å². The van der Waals surface area contributed by atoms with Gasteiger partial charge in [0.15, 0.2) is 0 Å². The summed E-state index contributed by atoms with van der Waals surface area (Å²) in [5.74, 6) is 5.17. The first-order valence-corrected chi connectivity index (χ1v) is 5.55. The highest BCUT2D eigenvalue weighted by atomic mass is 16.6. The Kier molecular flexibility index (Phi) is 3.59. The van der Waals surface area contributed by atoms with Crippen molar-refractivity contribution in [3.05, 3.63) is 30.3 Å². The van der Waals surface area contributed by atoms with Crippen molar-refractivity contribution in [2.75, 3.05) is 18.1 Å². The first kappa shape index (κ1) is 10.5. The summed E-state index contributed by atoms with van der Waals surface area (Å²) in [5.41, 5.74) is 1.28. The Morgan fingerprint density at radius 2 is 2.07 bits per heavy atom. The van der Waals surface area contributed by atoms with E-state index >= 15 is 0 Å². The smallest absolute Gasteiger partial charge is 0.0882 e. The molecule has 1 saturated heterocycles. The lowest BCUT2D eigenvalue weighted by molar-refractivity contribution is 0.114. The van der Waals surface area contributed by atoms with Crippen molar-refractivity contribution >= 4 is 5.69 Å². The van der Waals surface area contributed by atoms with E-state index in [0.717, 1.165) is 6.54 Å². The molecule has 1 aromatic carbocycles. The van der Waals surface area contributed by atoms with Crippen LogP contribution in [0.4, 0.5) is 5.69 Å². The minimum absolute atomic E-state index is 0.436. The Morgan fingerprint density at radius 1 is 1.27 bits per heavy atom. The normalized spacial score (nSPS) is 21.7. The Hall–Kier alpha value is -1.06. The molecule has 3 nitrogen and oxygen atoms in total. The van der Waals surface area contributed by atoms with Crippen LogP contribution in [0.5, 0.6) is 0 Å². The van der Waals surface area contributed by atoms with Crippen LogP contribution in [0.3, 0.4) is 0 Å². The summed E-state index contributed by atoms with van der Waals surface area (Å²) >= 11 is 0. The van der Waals surface area contributed by atoms with Crippen LogP contribution in [-0.4, -0.2) is 19.2 Å². The van der Waals surface area contributed by atoms with Gasteiger partial charge in [-0.3, -0.25) is 0 Å². The number of hydrogen-bond donors (Lipinski definition) is 1. The van der Waals surface area contributed by atoms with Gasteiger partial charge in [-0.1, -0.05) is 18.2 Å². The van der Waals surface area contributed by atoms with Crippen LogP contribution in [0, 0.1) is 0 Å². The number of hydrogen-bond acceptors (Lipinski definition) is 3. The molecule has 1 fully saturated rings. The molecule has 15 heavy (non-hydrogen) atoms. The second-order valence-electron chi connectivity index (χ2n) is 4.01. The number of nitrogens with two attached hydrogens (primary N) is 1. The molecule has 3 heteroatoms. The summed E-state index contributed by atoms with van der Waals surface area (Å²) in [6.07, 6.45) is 3.71. The monoisotopic (exact) mass is 206 g/mol. The van der Waals surface area contributed by atoms with E-state index in [9.17, 15) is 0 Å². The van der Waals surface area contributed by atoms with Crippen molar-refractivity contribution in [1.29, 1.82) is 0 Å². The van der Waals surface area contributed by atoms with Crippen LogP contribution in [0.15, 0.2) is 30.3 Å². The predicted molar refractivity (Wildman–Crippen MR) is 61.6 cm³/mol. The van der Waals surface area contributed by atoms with Gasteiger partial charge in [-0.25, -0.2) is 5.90 Å². The van der Waals surface area contributed by atoms with Gasteiger partial charge in [0.1, 0.15) is 0 Å². The maximum Gasteiger partial charge on any atom is 0.0882 e. The standard InChI is InChI=1S/C12H18N2O/c13-15-10-12-8-4-5-9-14(12)11-6-2-1-3-7-11/h1-3,6-7,12H,4-5,8-10,13H2. The number of piperidine rings is 1. The summed E-state index contributed by atoms with van der Waals surface area (Å²) in [4.78, 5) is 7.19. The molecule has 1 aliphatic heterocycles. The van der Waals surface area contributed by atoms with Crippen LogP contribution in [-0.2, 0) is 4.84 Å². The van der Waals surface area contributed by atoms with E-state index in [0.29, 0.717) is 12.6 Å². The maximum atomic E-state index is 5.17. The van der Waals surface area contributed by atoms with Crippen molar-refractivity contribution < 1.29 is 4.84 Å². The van der Waals surface area contributed by atoms with E-state index in [2.05, 4.69) is 29.2 Å². The van der Waals surface area contributed by atoms with Crippen LogP contribution < -0.4 is 10.8 Å². The van der Waals surface area contributed by atoms with E-state index in [1.54, 1.807) is 0 Å². The zero-order chi connectivity index (χ0) is 10.5.